The molecule has 4 heteroatoms. The molecule has 1 fully saturated rings. The second-order valence-corrected chi connectivity index (χ2v) is 20.1. The molecule has 0 bridgehead atoms. The molecule has 302 valence electrons. The highest BCUT2D eigenvalue weighted by molar-refractivity contribution is 7.00. The summed E-state index contributed by atoms with van der Waals surface area (Å²) in [6, 6.07) is 62.2. The first-order chi connectivity index (χ1) is 29.4. The van der Waals surface area contributed by atoms with Crippen LogP contribution in [0.1, 0.15) is 85.3 Å². The zero-order valence-corrected chi connectivity index (χ0v) is 36.8. The van der Waals surface area contributed by atoms with Gasteiger partial charge in [0, 0.05) is 56.3 Å². The van der Waals surface area contributed by atoms with Gasteiger partial charge in [-0.1, -0.05) is 164 Å². The molecule has 7 aromatic rings. The number of anilines is 8. The lowest BCUT2D eigenvalue weighted by Crippen LogP contribution is -2.67. The van der Waals surface area contributed by atoms with E-state index in [-0.39, 0.29) is 28.5 Å². The molecule has 3 nitrogen and oxygen atoms in total. The van der Waals surface area contributed by atoms with Crippen LogP contribution in [0.15, 0.2) is 164 Å². The molecule has 4 aliphatic rings. The molecule has 0 radical (unpaired) electrons. The van der Waals surface area contributed by atoms with Gasteiger partial charge in [0.15, 0.2) is 0 Å². The van der Waals surface area contributed by atoms with Crippen LogP contribution in [0.5, 0.6) is 0 Å². The standard InChI is InChI=1S/C57H56BN3/c1-54(2,3)40-32-33-47(43(36-40)39-22-10-8-11-23-39)60-50-31-19-16-28-46(50)58-45-27-15-18-30-49(45)59(41-24-12-9-13-25-41)51-37-42(38-52(60)53(51)58)61-48-29-17-14-26-44(48)55(4,5)56(6)34-20-21-35-57(56,61)7/h8-19,22-33,36-38H,20-21,34-35H2,1-7H3. The van der Waals surface area contributed by atoms with Crippen molar-refractivity contribution < 1.29 is 0 Å². The van der Waals surface area contributed by atoms with Crippen molar-refractivity contribution in [3.63, 3.8) is 0 Å². The first-order valence-electron chi connectivity index (χ1n) is 22.5. The van der Waals surface area contributed by atoms with E-state index in [9.17, 15) is 0 Å². The van der Waals surface area contributed by atoms with Gasteiger partial charge in [-0.15, -0.1) is 0 Å². The van der Waals surface area contributed by atoms with E-state index >= 15 is 0 Å². The van der Waals surface area contributed by atoms with E-state index in [1.165, 1.54) is 103 Å². The van der Waals surface area contributed by atoms with Crippen LogP contribution in [-0.2, 0) is 10.8 Å². The van der Waals surface area contributed by atoms with Crippen molar-refractivity contribution in [3.05, 3.63) is 175 Å². The fraction of sp³-hybridized carbons (Fsp3) is 0.263. The predicted octanol–water partition coefficient (Wildman–Crippen LogP) is 13.5. The molecular formula is C57H56BN3. The molecule has 7 aromatic carbocycles. The smallest absolute Gasteiger partial charge is 0.252 e. The fourth-order valence-electron chi connectivity index (χ4n) is 12.2. The average molecular weight is 794 g/mol. The summed E-state index contributed by atoms with van der Waals surface area (Å²) in [5.74, 6) is 0. The highest BCUT2D eigenvalue weighted by Gasteiger charge is 2.62. The van der Waals surface area contributed by atoms with E-state index in [1.807, 2.05) is 0 Å². The van der Waals surface area contributed by atoms with E-state index < -0.39 is 0 Å². The number of benzene rings is 7. The number of nitrogens with zero attached hydrogens (tertiary/aromatic N) is 3. The number of hydrogen-bond donors (Lipinski definition) is 0. The van der Waals surface area contributed by atoms with Crippen LogP contribution in [0.2, 0.25) is 0 Å². The summed E-state index contributed by atoms with van der Waals surface area (Å²) in [4.78, 5) is 7.99. The third-order valence-corrected chi connectivity index (χ3v) is 15.8. The van der Waals surface area contributed by atoms with Crippen molar-refractivity contribution in [2.24, 2.45) is 5.41 Å². The van der Waals surface area contributed by atoms with Gasteiger partial charge in [0.2, 0.25) is 0 Å². The van der Waals surface area contributed by atoms with E-state index in [1.54, 1.807) is 0 Å². The van der Waals surface area contributed by atoms with Crippen LogP contribution < -0.4 is 31.1 Å². The highest BCUT2D eigenvalue weighted by atomic mass is 15.3. The second-order valence-electron chi connectivity index (χ2n) is 20.1. The van der Waals surface area contributed by atoms with E-state index in [0.717, 1.165) is 6.42 Å². The van der Waals surface area contributed by atoms with Crippen molar-refractivity contribution in [2.45, 2.75) is 90.5 Å². The third kappa shape index (κ3) is 5.36. The van der Waals surface area contributed by atoms with Gasteiger partial charge in [0.25, 0.3) is 6.71 Å². The van der Waals surface area contributed by atoms with E-state index in [0.29, 0.717) is 0 Å². The van der Waals surface area contributed by atoms with Crippen molar-refractivity contribution in [1.82, 2.24) is 0 Å². The maximum atomic E-state index is 2.81. The summed E-state index contributed by atoms with van der Waals surface area (Å²) in [7, 11) is 0. The molecule has 2 atom stereocenters. The molecule has 3 heterocycles. The Bertz CT molecular complexity index is 2840. The fourth-order valence-corrected chi connectivity index (χ4v) is 12.2. The van der Waals surface area contributed by atoms with Gasteiger partial charge in [0.05, 0.1) is 5.69 Å². The Labute approximate surface area is 363 Å². The van der Waals surface area contributed by atoms with Gasteiger partial charge in [-0.05, 0) is 118 Å². The largest absolute Gasteiger partial charge is 0.335 e. The molecule has 0 amide bonds. The Kier molecular flexibility index (Phi) is 8.40. The zero-order chi connectivity index (χ0) is 41.9. The van der Waals surface area contributed by atoms with Gasteiger partial charge in [-0.25, -0.2) is 0 Å². The Morgan fingerprint density at radius 3 is 1.72 bits per heavy atom. The molecule has 1 aliphatic carbocycles. The van der Waals surface area contributed by atoms with Crippen LogP contribution in [0, 0.1) is 5.41 Å². The number of para-hydroxylation sites is 4. The molecule has 11 rings (SSSR count). The van der Waals surface area contributed by atoms with Crippen LogP contribution in [0.3, 0.4) is 0 Å². The number of hydrogen-bond acceptors (Lipinski definition) is 3. The lowest BCUT2D eigenvalue weighted by Gasteiger charge is -2.66. The summed E-state index contributed by atoms with van der Waals surface area (Å²) < 4.78 is 0. The molecular weight excluding hydrogens is 737 g/mol. The quantitative estimate of drug-likeness (QED) is 0.164. The first-order valence-corrected chi connectivity index (χ1v) is 22.5. The number of fused-ring (bicyclic) bond motifs is 6. The molecule has 0 aromatic heterocycles. The van der Waals surface area contributed by atoms with Crippen molar-refractivity contribution in [1.29, 1.82) is 0 Å². The zero-order valence-electron chi connectivity index (χ0n) is 36.8. The third-order valence-electron chi connectivity index (χ3n) is 15.8. The summed E-state index contributed by atoms with van der Waals surface area (Å²) in [5.41, 5.74) is 19.1. The Morgan fingerprint density at radius 1 is 0.492 bits per heavy atom. The van der Waals surface area contributed by atoms with Crippen molar-refractivity contribution >= 4 is 68.6 Å². The Hall–Kier alpha value is -6.00. The summed E-state index contributed by atoms with van der Waals surface area (Å²) in [6.45, 7) is 17.3. The van der Waals surface area contributed by atoms with Gasteiger partial charge in [-0.2, -0.15) is 0 Å². The minimum absolute atomic E-state index is 0.0105. The minimum Gasteiger partial charge on any atom is -0.335 e. The van der Waals surface area contributed by atoms with Gasteiger partial charge in [-0.3, -0.25) is 0 Å². The summed E-state index contributed by atoms with van der Waals surface area (Å²) in [6.07, 6.45) is 4.83. The minimum atomic E-state index is -0.130. The van der Waals surface area contributed by atoms with Crippen molar-refractivity contribution in [2.75, 3.05) is 14.7 Å². The molecule has 61 heavy (non-hydrogen) atoms. The van der Waals surface area contributed by atoms with Gasteiger partial charge < -0.3 is 14.7 Å². The maximum absolute atomic E-state index is 2.81. The lowest BCUT2D eigenvalue weighted by molar-refractivity contribution is 0.0106. The molecule has 3 aliphatic heterocycles. The van der Waals surface area contributed by atoms with E-state index in [2.05, 4.69) is 227 Å². The van der Waals surface area contributed by atoms with Crippen LogP contribution in [0.4, 0.5) is 45.5 Å². The Morgan fingerprint density at radius 2 is 1.05 bits per heavy atom. The summed E-state index contributed by atoms with van der Waals surface area (Å²) in [5, 5.41) is 0. The van der Waals surface area contributed by atoms with Crippen LogP contribution >= 0.6 is 0 Å². The average Bonchev–Trinajstić information content (AvgIpc) is 3.27. The summed E-state index contributed by atoms with van der Waals surface area (Å²) >= 11 is 0. The van der Waals surface area contributed by atoms with Crippen molar-refractivity contribution in [3.8, 4) is 11.1 Å². The molecule has 0 spiro atoms. The Balaban J connectivity index is 1.28. The maximum Gasteiger partial charge on any atom is 0.252 e. The SMILES string of the molecule is CC(C)(C)c1ccc(N2c3ccccc3B3c4ccccc4N(c4ccccc4)c4cc(N5c6ccccc6C(C)(C)C6(C)CCCCC56C)cc2c43)c(-c2ccccc2)c1. The van der Waals surface area contributed by atoms with Crippen LogP contribution in [-0.4, -0.2) is 12.3 Å². The van der Waals surface area contributed by atoms with Gasteiger partial charge >= 0.3 is 0 Å². The second kappa shape index (κ2) is 13.5. The first kappa shape index (κ1) is 38.0. The highest BCUT2D eigenvalue weighted by Crippen LogP contribution is 2.65. The van der Waals surface area contributed by atoms with E-state index in [4.69, 9.17) is 0 Å². The molecule has 0 saturated heterocycles. The molecule has 1 saturated carbocycles. The van der Waals surface area contributed by atoms with Gasteiger partial charge in [0.1, 0.15) is 0 Å². The molecule has 2 unspecified atom stereocenters. The monoisotopic (exact) mass is 793 g/mol. The lowest BCUT2D eigenvalue weighted by atomic mass is 9.33. The van der Waals surface area contributed by atoms with Crippen LogP contribution in [0.25, 0.3) is 11.1 Å². The normalized spacial score (nSPS) is 20.9. The number of rotatable bonds is 4. The topological polar surface area (TPSA) is 9.72 Å². The molecule has 0 N–H and O–H groups in total. The predicted molar refractivity (Wildman–Crippen MR) is 261 cm³/mol.